The van der Waals surface area contributed by atoms with E-state index in [4.69, 9.17) is 4.84 Å². The number of para-hydroxylation sites is 1. The minimum Gasteiger partial charge on any atom is -0.390 e. The Bertz CT molecular complexity index is 316. The highest BCUT2D eigenvalue weighted by Crippen LogP contribution is 2.09. The number of nitrogens with one attached hydrogen (secondary N) is 1. The Morgan fingerprint density at radius 1 is 1.40 bits per heavy atom. The molecule has 0 saturated carbocycles. The fourth-order valence-electron chi connectivity index (χ4n) is 1.03. The van der Waals surface area contributed by atoms with Crippen LogP contribution < -0.4 is 10.3 Å². The second kappa shape index (κ2) is 4.79. The van der Waals surface area contributed by atoms with Gasteiger partial charge in [-0.3, -0.25) is 4.79 Å². The third kappa shape index (κ3) is 5.02. The molecule has 0 unspecified atom stereocenters. The van der Waals surface area contributed by atoms with Crippen molar-refractivity contribution >= 4 is 5.91 Å². The molecule has 0 bridgehead atoms. The van der Waals surface area contributed by atoms with Gasteiger partial charge >= 0.3 is 0 Å². The lowest BCUT2D eigenvalue weighted by Gasteiger charge is -2.16. The molecule has 0 spiro atoms. The normalized spacial score (nSPS) is 10.9. The van der Waals surface area contributed by atoms with Crippen molar-refractivity contribution in [2.24, 2.45) is 0 Å². The Hall–Kier alpha value is -1.55. The smallest absolute Gasteiger partial charge is 0.255 e. The molecule has 0 radical (unpaired) electrons. The number of carbonyl (C=O) groups excluding carboxylic acids is 1. The van der Waals surface area contributed by atoms with Gasteiger partial charge in [-0.05, 0) is 26.0 Å². The molecule has 0 aromatic heterocycles. The molecule has 0 heterocycles. The molecule has 0 aliphatic rings. The molecule has 1 aromatic carbocycles. The largest absolute Gasteiger partial charge is 0.390 e. The second-order valence-electron chi connectivity index (χ2n) is 3.93. The maximum Gasteiger partial charge on any atom is 0.255 e. The predicted molar refractivity (Wildman–Crippen MR) is 56.1 cm³/mol. The van der Waals surface area contributed by atoms with E-state index >= 15 is 0 Å². The van der Waals surface area contributed by atoms with E-state index in [1.54, 1.807) is 38.1 Å². The molecule has 1 rings (SSSR count). The molecule has 0 fully saturated rings. The summed E-state index contributed by atoms with van der Waals surface area (Å²) in [6.45, 7) is 3.13. The first-order valence-corrected chi connectivity index (χ1v) is 4.70. The summed E-state index contributed by atoms with van der Waals surface area (Å²) in [4.78, 5) is 16.2. The van der Waals surface area contributed by atoms with Gasteiger partial charge in [-0.2, -0.15) is 5.48 Å². The van der Waals surface area contributed by atoms with Gasteiger partial charge in [0, 0.05) is 0 Å². The summed E-state index contributed by atoms with van der Waals surface area (Å²) in [6, 6.07) is 8.91. The van der Waals surface area contributed by atoms with Gasteiger partial charge in [-0.15, -0.1) is 0 Å². The van der Waals surface area contributed by atoms with Crippen molar-refractivity contribution < 1.29 is 14.7 Å². The summed E-state index contributed by atoms with van der Waals surface area (Å²) in [7, 11) is 0. The van der Waals surface area contributed by atoms with Crippen molar-refractivity contribution in [3.05, 3.63) is 30.3 Å². The topological polar surface area (TPSA) is 58.6 Å². The van der Waals surface area contributed by atoms with Crippen LogP contribution in [0.2, 0.25) is 0 Å². The summed E-state index contributed by atoms with van der Waals surface area (Å²) >= 11 is 0. The number of rotatable bonds is 4. The van der Waals surface area contributed by atoms with E-state index in [-0.39, 0.29) is 12.3 Å². The summed E-state index contributed by atoms with van der Waals surface area (Å²) in [5.74, 6) is 0.202. The molecule has 0 aliphatic heterocycles. The van der Waals surface area contributed by atoms with Crippen LogP contribution in [0.1, 0.15) is 20.3 Å². The van der Waals surface area contributed by atoms with E-state index in [0.717, 1.165) is 0 Å². The Morgan fingerprint density at radius 2 is 2.00 bits per heavy atom. The van der Waals surface area contributed by atoms with Crippen LogP contribution in [0, 0.1) is 0 Å². The molecule has 0 saturated heterocycles. The van der Waals surface area contributed by atoms with Gasteiger partial charge in [0.1, 0.15) is 0 Å². The SMILES string of the molecule is CC(C)(O)CC(=O)NOc1ccccc1. The number of aliphatic hydroxyl groups is 1. The average Bonchev–Trinajstić information content (AvgIpc) is 2.14. The summed E-state index contributed by atoms with van der Waals surface area (Å²) < 4.78 is 0. The minimum absolute atomic E-state index is 0.000165. The van der Waals surface area contributed by atoms with E-state index in [2.05, 4.69) is 5.48 Å². The Kier molecular flexibility index (Phi) is 3.68. The van der Waals surface area contributed by atoms with Gasteiger partial charge in [0.25, 0.3) is 5.91 Å². The highest BCUT2D eigenvalue weighted by Gasteiger charge is 2.18. The fourth-order valence-corrected chi connectivity index (χ4v) is 1.03. The van der Waals surface area contributed by atoms with Gasteiger partial charge in [0.15, 0.2) is 5.75 Å². The number of amides is 1. The summed E-state index contributed by atoms with van der Waals surface area (Å²) in [5, 5.41) is 9.37. The van der Waals surface area contributed by atoms with Gasteiger partial charge in [0.05, 0.1) is 12.0 Å². The van der Waals surface area contributed by atoms with Crippen molar-refractivity contribution in [2.75, 3.05) is 0 Å². The van der Waals surface area contributed by atoms with E-state index in [9.17, 15) is 9.90 Å². The first-order chi connectivity index (χ1) is 6.97. The standard InChI is InChI=1S/C11H15NO3/c1-11(2,14)8-10(13)12-15-9-6-4-3-5-7-9/h3-7,14H,8H2,1-2H3,(H,12,13). The first kappa shape index (κ1) is 11.5. The van der Waals surface area contributed by atoms with E-state index < -0.39 is 5.60 Å². The highest BCUT2D eigenvalue weighted by molar-refractivity contribution is 5.75. The molecular formula is C11H15NO3. The van der Waals surface area contributed by atoms with Gasteiger partial charge in [-0.1, -0.05) is 18.2 Å². The molecule has 1 aromatic rings. The van der Waals surface area contributed by atoms with Crippen LogP contribution in [0.15, 0.2) is 30.3 Å². The third-order valence-corrected chi connectivity index (χ3v) is 1.62. The highest BCUT2D eigenvalue weighted by atomic mass is 16.7. The van der Waals surface area contributed by atoms with Gasteiger partial charge in [0.2, 0.25) is 0 Å². The van der Waals surface area contributed by atoms with Crippen LogP contribution in [0.5, 0.6) is 5.75 Å². The molecule has 15 heavy (non-hydrogen) atoms. The van der Waals surface area contributed by atoms with Crippen molar-refractivity contribution in [1.82, 2.24) is 5.48 Å². The van der Waals surface area contributed by atoms with E-state index in [1.807, 2.05) is 6.07 Å². The van der Waals surface area contributed by atoms with Gasteiger partial charge in [-0.25, -0.2) is 0 Å². The molecule has 0 atom stereocenters. The van der Waals surface area contributed by atoms with Crippen molar-refractivity contribution in [3.63, 3.8) is 0 Å². The molecule has 82 valence electrons. The average molecular weight is 209 g/mol. The maximum absolute atomic E-state index is 11.2. The third-order valence-electron chi connectivity index (χ3n) is 1.62. The van der Waals surface area contributed by atoms with Gasteiger partial charge < -0.3 is 9.94 Å². The van der Waals surface area contributed by atoms with Crippen LogP contribution >= 0.6 is 0 Å². The number of carbonyl (C=O) groups is 1. The van der Waals surface area contributed by atoms with Crippen molar-refractivity contribution in [2.45, 2.75) is 25.9 Å². The van der Waals surface area contributed by atoms with Crippen LogP contribution in [-0.4, -0.2) is 16.6 Å². The van der Waals surface area contributed by atoms with Crippen molar-refractivity contribution in [1.29, 1.82) is 0 Å². The van der Waals surface area contributed by atoms with E-state index in [0.29, 0.717) is 5.75 Å². The Balaban J connectivity index is 2.35. The number of hydrogen-bond donors (Lipinski definition) is 2. The van der Waals surface area contributed by atoms with Crippen LogP contribution in [0.25, 0.3) is 0 Å². The minimum atomic E-state index is -1.02. The zero-order valence-electron chi connectivity index (χ0n) is 8.86. The number of hydrogen-bond acceptors (Lipinski definition) is 3. The summed E-state index contributed by atoms with van der Waals surface area (Å²) in [6.07, 6.45) is -0.000165. The lowest BCUT2D eigenvalue weighted by Crippen LogP contribution is -2.34. The van der Waals surface area contributed by atoms with Crippen LogP contribution in [-0.2, 0) is 4.79 Å². The maximum atomic E-state index is 11.2. The quantitative estimate of drug-likeness (QED) is 0.734. The second-order valence-corrected chi connectivity index (χ2v) is 3.93. The molecule has 2 N–H and O–H groups in total. The number of benzene rings is 1. The zero-order valence-corrected chi connectivity index (χ0v) is 8.86. The lowest BCUT2D eigenvalue weighted by molar-refractivity contribution is -0.131. The van der Waals surface area contributed by atoms with Crippen molar-refractivity contribution in [3.8, 4) is 5.75 Å². The summed E-state index contributed by atoms with van der Waals surface area (Å²) in [5.41, 5.74) is 1.23. The fraction of sp³-hybridized carbons (Fsp3) is 0.364. The monoisotopic (exact) mass is 209 g/mol. The molecule has 4 heteroatoms. The predicted octanol–water partition coefficient (Wildman–Crippen LogP) is 1.26. The molecule has 1 amide bonds. The number of hydroxylamine groups is 1. The lowest BCUT2D eigenvalue weighted by atomic mass is 10.1. The van der Waals surface area contributed by atoms with Crippen LogP contribution in [0.4, 0.5) is 0 Å². The Labute approximate surface area is 88.8 Å². The first-order valence-electron chi connectivity index (χ1n) is 4.70. The molecule has 0 aliphatic carbocycles. The zero-order chi connectivity index (χ0) is 11.3. The Morgan fingerprint density at radius 3 is 2.53 bits per heavy atom. The molecule has 4 nitrogen and oxygen atoms in total. The van der Waals surface area contributed by atoms with Crippen LogP contribution in [0.3, 0.4) is 0 Å². The van der Waals surface area contributed by atoms with E-state index in [1.165, 1.54) is 0 Å². The molecular weight excluding hydrogens is 194 g/mol.